The first-order valence-corrected chi connectivity index (χ1v) is 5.16. The molecule has 0 spiro atoms. The van der Waals surface area contributed by atoms with Gasteiger partial charge in [-0.05, 0) is 0 Å². The Bertz CT molecular complexity index is 458. The first kappa shape index (κ1) is 13.8. The third kappa shape index (κ3) is 3.97. The maximum absolute atomic E-state index is 10.8. The zero-order valence-corrected chi connectivity index (χ0v) is 9.50. The third-order valence-electron chi connectivity index (χ3n) is 1.97. The summed E-state index contributed by atoms with van der Waals surface area (Å²) in [5.41, 5.74) is -0.125. The van der Waals surface area contributed by atoms with Crippen molar-refractivity contribution in [2.45, 2.75) is 0 Å². The number of pyridine rings is 1. The standard InChI is InChI=1S/C10H12N4O4/c11-6-8-5-9(14(16)17)10(13-7-8)12-1-3-18-4-2-15/h5,7,15H,1-4H2,(H,12,13). The second-order valence-electron chi connectivity index (χ2n) is 3.22. The highest BCUT2D eigenvalue weighted by Crippen LogP contribution is 2.21. The van der Waals surface area contributed by atoms with Crippen LogP contribution in [0.15, 0.2) is 12.3 Å². The molecule has 0 aliphatic carbocycles. The van der Waals surface area contributed by atoms with Crippen molar-refractivity contribution in [1.29, 1.82) is 5.26 Å². The summed E-state index contributed by atoms with van der Waals surface area (Å²) in [6, 6.07) is 2.94. The van der Waals surface area contributed by atoms with Gasteiger partial charge >= 0.3 is 5.69 Å². The van der Waals surface area contributed by atoms with Crippen molar-refractivity contribution >= 4 is 11.5 Å². The topological polar surface area (TPSA) is 121 Å². The molecule has 18 heavy (non-hydrogen) atoms. The normalized spacial score (nSPS) is 9.78. The summed E-state index contributed by atoms with van der Waals surface area (Å²) in [6.45, 7) is 0.749. The van der Waals surface area contributed by atoms with Gasteiger partial charge in [0, 0.05) is 18.8 Å². The molecule has 0 saturated heterocycles. The molecule has 1 rings (SSSR count). The van der Waals surface area contributed by atoms with E-state index in [9.17, 15) is 10.1 Å². The number of rotatable bonds is 7. The van der Waals surface area contributed by atoms with E-state index in [1.807, 2.05) is 0 Å². The summed E-state index contributed by atoms with van der Waals surface area (Å²) >= 11 is 0. The van der Waals surface area contributed by atoms with Gasteiger partial charge in [0.15, 0.2) is 0 Å². The fourth-order valence-corrected chi connectivity index (χ4v) is 1.20. The van der Waals surface area contributed by atoms with Crippen molar-refractivity contribution < 1.29 is 14.8 Å². The molecule has 0 radical (unpaired) electrons. The van der Waals surface area contributed by atoms with Crippen LogP contribution in [0.5, 0.6) is 0 Å². The molecule has 0 atom stereocenters. The molecule has 0 saturated carbocycles. The van der Waals surface area contributed by atoms with Gasteiger partial charge in [0.25, 0.3) is 0 Å². The highest BCUT2D eigenvalue weighted by atomic mass is 16.6. The Morgan fingerprint density at radius 1 is 1.61 bits per heavy atom. The molecular formula is C10H12N4O4. The molecule has 1 aromatic rings. The van der Waals surface area contributed by atoms with Crippen LogP contribution in [0.1, 0.15) is 5.56 Å². The van der Waals surface area contributed by atoms with Gasteiger partial charge in [-0.15, -0.1) is 0 Å². The Hall–Kier alpha value is -2.24. The van der Waals surface area contributed by atoms with Crippen LogP contribution in [-0.4, -0.2) is 41.4 Å². The molecule has 0 aromatic carbocycles. The summed E-state index contributed by atoms with van der Waals surface area (Å²) in [4.78, 5) is 14.0. The molecular weight excluding hydrogens is 240 g/mol. The summed E-state index contributed by atoms with van der Waals surface area (Å²) in [6.07, 6.45) is 1.25. The number of aliphatic hydroxyl groups is 1. The van der Waals surface area contributed by atoms with Gasteiger partial charge in [0.1, 0.15) is 6.07 Å². The zero-order valence-electron chi connectivity index (χ0n) is 9.50. The second kappa shape index (κ2) is 7.16. The van der Waals surface area contributed by atoms with E-state index in [1.54, 1.807) is 6.07 Å². The van der Waals surface area contributed by atoms with Crippen LogP contribution in [0.2, 0.25) is 0 Å². The fraction of sp³-hybridized carbons (Fsp3) is 0.400. The van der Waals surface area contributed by atoms with Crippen LogP contribution in [0.3, 0.4) is 0 Å². The van der Waals surface area contributed by atoms with Crippen LogP contribution in [0, 0.1) is 21.4 Å². The molecule has 0 aliphatic heterocycles. The van der Waals surface area contributed by atoms with E-state index in [4.69, 9.17) is 15.1 Å². The van der Waals surface area contributed by atoms with Gasteiger partial charge < -0.3 is 15.2 Å². The third-order valence-corrected chi connectivity index (χ3v) is 1.97. The SMILES string of the molecule is N#Cc1cnc(NCCOCCO)c([N+](=O)[O-])c1. The Balaban J connectivity index is 2.65. The molecule has 8 heteroatoms. The number of aliphatic hydroxyl groups excluding tert-OH is 1. The Labute approximate surface area is 103 Å². The lowest BCUT2D eigenvalue weighted by Crippen LogP contribution is -2.13. The number of nitriles is 1. The summed E-state index contributed by atoms with van der Waals surface area (Å²) in [5.74, 6) is 0.0894. The minimum atomic E-state index is -0.606. The average Bonchev–Trinajstić information content (AvgIpc) is 2.38. The van der Waals surface area contributed by atoms with Gasteiger partial charge in [-0.3, -0.25) is 10.1 Å². The largest absolute Gasteiger partial charge is 0.394 e. The predicted molar refractivity (Wildman–Crippen MR) is 62.0 cm³/mol. The molecule has 8 nitrogen and oxygen atoms in total. The highest BCUT2D eigenvalue weighted by molar-refractivity contribution is 5.58. The number of nitrogens with zero attached hydrogens (tertiary/aromatic N) is 3. The van der Waals surface area contributed by atoms with E-state index >= 15 is 0 Å². The lowest BCUT2D eigenvalue weighted by Gasteiger charge is -2.06. The van der Waals surface area contributed by atoms with Crippen LogP contribution >= 0.6 is 0 Å². The van der Waals surface area contributed by atoms with Gasteiger partial charge in [-0.25, -0.2) is 4.98 Å². The number of ether oxygens (including phenoxy) is 1. The molecule has 2 N–H and O–H groups in total. The van der Waals surface area contributed by atoms with Crippen molar-refractivity contribution in [3.63, 3.8) is 0 Å². The number of hydrogen-bond acceptors (Lipinski definition) is 7. The van der Waals surface area contributed by atoms with Crippen molar-refractivity contribution in [2.24, 2.45) is 0 Å². The lowest BCUT2D eigenvalue weighted by molar-refractivity contribution is -0.384. The van der Waals surface area contributed by atoms with Crippen LogP contribution in [0.4, 0.5) is 11.5 Å². The molecule has 1 aromatic heterocycles. The summed E-state index contributed by atoms with van der Waals surface area (Å²) in [5, 5.41) is 30.6. The Kier molecular flexibility index (Phi) is 5.50. The number of hydrogen-bond donors (Lipinski definition) is 2. The maximum atomic E-state index is 10.8. The zero-order chi connectivity index (χ0) is 13.4. The van der Waals surface area contributed by atoms with Gasteiger partial charge in [0.05, 0.1) is 30.3 Å². The number of nitrogens with one attached hydrogen (secondary N) is 1. The number of anilines is 1. The second-order valence-corrected chi connectivity index (χ2v) is 3.22. The molecule has 0 bridgehead atoms. The van der Waals surface area contributed by atoms with Gasteiger partial charge in [-0.2, -0.15) is 5.26 Å². The maximum Gasteiger partial charge on any atom is 0.312 e. The van der Waals surface area contributed by atoms with E-state index < -0.39 is 4.92 Å². The average molecular weight is 252 g/mol. The Morgan fingerprint density at radius 2 is 2.39 bits per heavy atom. The van der Waals surface area contributed by atoms with E-state index in [0.717, 1.165) is 6.07 Å². The number of nitro groups is 1. The smallest absolute Gasteiger partial charge is 0.312 e. The molecule has 96 valence electrons. The molecule has 1 heterocycles. The Morgan fingerprint density at radius 3 is 3.00 bits per heavy atom. The van der Waals surface area contributed by atoms with Crippen molar-refractivity contribution in [1.82, 2.24) is 4.98 Å². The highest BCUT2D eigenvalue weighted by Gasteiger charge is 2.15. The van der Waals surface area contributed by atoms with Crippen molar-refractivity contribution in [2.75, 3.05) is 31.7 Å². The van der Waals surface area contributed by atoms with E-state index in [1.165, 1.54) is 6.20 Å². The first-order valence-electron chi connectivity index (χ1n) is 5.16. The predicted octanol–water partition coefficient (Wildman–Crippen LogP) is 0.282. The van der Waals surface area contributed by atoms with Crippen molar-refractivity contribution in [3.8, 4) is 6.07 Å². The molecule has 0 aliphatic rings. The van der Waals surface area contributed by atoms with Crippen molar-refractivity contribution in [3.05, 3.63) is 27.9 Å². The van der Waals surface area contributed by atoms with E-state index in [2.05, 4.69) is 10.3 Å². The first-order chi connectivity index (χ1) is 8.69. The minimum Gasteiger partial charge on any atom is -0.394 e. The monoisotopic (exact) mass is 252 g/mol. The lowest BCUT2D eigenvalue weighted by atomic mass is 10.3. The quantitative estimate of drug-likeness (QED) is 0.406. The van der Waals surface area contributed by atoms with Crippen LogP contribution in [0.25, 0.3) is 0 Å². The van der Waals surface area contributed by atoms with Crippen LogP contribution in [-0.2, 0) is 4.74 Å². The van der Waals surface area contributed by atoms with E-state index in [0.29, 0.717) is 13.2 Å². The number of aromatic nitrogens is 1. The molecule has 0 fully saturated rings. The summed E-state index contributed by atoms with van der Waals surface area (Å²) in [7, 11) is 0. The summed E-state index contributed by atoms with van der Waals surface area (Å²) < 4.78 is 4.99. The fourth-order valence-electron chi connectivity index (χ4n) is 1.20. The van der Waals surface area contributed by atoms with E-state index in [-0.39, 0.29) is 30.3 Å². The molecule has 0 unspecified atom stereocenters. The van der Waals surface area contributed by atoms with Crippen LogP contribution < -0.4 is 5.32 Å². The van der Waals surface area contributed by atoms with Gasteiger partial charge in [0.2, 0.25) is 5.82 Å². The van der Waals surface area contributed by atoms with Gasteiger partial charge in [-0.1, -0.05) is 0 Å². The minimum absolute atomic E-state index is 0.0741. The molecule has 0 amide bonds.